The average Bonchev–Trinajstić information content (AvgIpc) is 3.54. The molecule has 4 rings (SSSR count). The van der Waals surface area contributed by atoms with Gasteiger partial charge in [-0.05, 0) is 55.2 Å². The van der Waals surface area contributed by atoms with Crippen molar-refractivity contribution < 1.29 is 37.3 Å². The summed E-state index contributed by atoms with van der Waals surface area (Å²) in [6, 6.07) is 8.50. The van der Waals surface area contributed by atoms with Gasteiger partial charge in [0.1, 0.15) is 28.2 Å². The third-order valence-corrected chi connectivity index (χ3v) is 13.0. The molecule has 4 aromatic rings. The van der Waals surface area contributed by atoms with Gasteiger partial charge in [-0.25, -0.2) is 9.78 Å². The van der Waals surface area contributed by atoms with Crippen LogP contribution >= 0.6 is 11.3 Å². The van der Waals surface area contributed by atoms with Gasteiger partial charge in [-0.2, -0.15) is 13.8 Å². The van der Waals surface area contributed by atoms with Crippen molar-refractivity contribution >= 4 is 31.3 Å². The average molecular weight is 634 g/mol. The Kier molecular flexibility index (Phi) is 9.89. The van der Waals surface area contributed by atoms with Gasteiger partial charge in [0.25, 0.3) is 0 Å². The van der Waals surface area contributed by atoms with Crippen LogP contribution in [0.25, 0.3) is 16.3 Å². The summed E-state index contributed by atoms with van der Waals surface area (Å²) in [6.07, 6.45) is 2.52. The molecule has 1 atom stereocenters. The number of nitrogens with zero attached hydrogens (tertiary/aromatic N) is 3. The van der Waals surface area contributed by atoms with Crippen molar-refractivity contribution in [2.75, 3.05) is 6.61 Å². The standard InChI is InChI=1S/C30H37F2N3O6SSi/c1-8-38-28(37)25-26(34-27(42-25)22-14-33-24-12-10-20(16-36)15-35(22)24)40-18(2)21-11-9-19(13-23(21)41-29(31)32)17-39-43(6,7)30(3,4)5/h9-15,18,29,36H,8,16-17H2,1-7H3/t18-/m1/s1. The predicted octanol–water partition coefficient (Wildman–Crippen LogP) is 7.39. The van der Waals surface area contributed by atoms with E-state index in [1.807, 2.05) is 0 Å². The molecule has 1 N–H and O–H groups in total. The van der Waals surface area contributed by atoms with Gasteiger partial charge in [0.15, 0.2) is 13.2 Å². The minimum Gasteiger partial charge on any atom is -0.468 e. The maximum absolute atomic E-state index is 13.5. The zero-order chi connectivity index (χ0) is 31.5. The summed E-state index contributed by atoms with van der Waals surface area (Å²) < 4.78 is 51.2. The molecule has 0 amide bonds. The van der Waals surface area contributed by atoms with E-state index in [0.29, 0.717) is 33.0 Å². The Morgan fingerprint density at radius 2 is 1.86 bits per heavy atom. The third-order valence-electron chi connectivity index (χ3n) is 7.45. The van der Waals surface area contributed by atoms with Gasteiger partial charge in [0, 0.05) is 11.8 Å². The number of pyridine rings is 1. The number of thiazole rings is 1. The zero-order valence-electron chi connectivity index (χ0n) is 25.3. The Balaban J connectivity index is 1.67. The quantitative estimate of drug-likeness (QED) is 0.127. The van der Waals surface area contributed by atoms with E-state index in [2.05, 4.69) is 43.8 Å². The van der Waals surface area contributed by atoms with Gasteiger partial charge in [0.2, 0.25) is 5.88 Å². The SMILES string of the molecule is CCOC(=O)c1sc(-c2cnc3ccc(CO)cn23)nc1O[C@H](C)c1ccc(CO[Si](C)(C)C(C)(C)C)cc1OC(F)F. The summed E-state index contributed by atoms with van der Waals surface area (Å²) in [7, 11) is -2.07. The maximum atomic E-state index is 13.5. The van der Waals surface area contributed by atoms with Crippen LogP contribution in [0.3, 0.4) is 0 Å². The molecule has 0 spiro atoms. The largest absolute Gasteiger partial charge is 0.468 e. The Morgan fingerprint density at radius 3 is 2.51 bits per heavy atom. The lowest BCUT2D eigenvalue weighted by Crippen LogP contribution is -2.40. The van der Waals surface area contributed by atoms with Gasteiger partial charge in [0.05, 0.1) is 26.0 Å². The van der Waals surface area contributed by atoms with Gasteiger partial charge < -0.3 is 23.7 Å². The molecule has 0 bridgehead atoms. The highest BCUT2D eigenvalue weighted by Gasteiger charge is 2.37. The number of hydrogen-bond donors (Lipinski definition) is 1. The van der Waals surface area contributed by atoms with E-state index >= 15 is 0 Å². The number of halogens is 2. The van der Waals surface area contributed by atoms with E-state index < -0.39 is 27.0 Å². The lowest BCUT2D eigenvalue weighted by molar-refractivity contribution is -0.0513. The molecule has 0 fully saturated rings. The molecule has 13 heteroatoms. The number of hydrogen-bond acceptors (Lipinski definition) is 9. The molecule has 0 aliphatic heterocycles. The van der Waals surface area contributed by atoms with Gasteiger partial charge >= 0.3 is 12.6 Å². The van der Waals surface area contributed by atoms with E-state index in [4.69, 9.17) is 18.6 Å². The molecule has 0 aliphatic rings. The van der Waals surface area contributed by atoms with Crippen LogP contribution in [-0.4, -0.2) is 47.0 Å². The van der Waals surface area contributed by atoms with Crippen LogP contribution in [0.2, 0.25) is 18.1 Å². The first kappa shape index (κ1) is 32.5. The Bertz CT molecular complexity index is 1580. The van der Waals surface area contributed by atoms with Crippen LogP contribution in [0.1, 0.15) is 67.1 Å². The second-order valence-corrected chi connectivity index (χ2v) is 17.3. The first-order valence-electron chi connectivity index (χ1n) is 13.9. The number of fused-ring (bicyclic) bond motifs is 1. The minimum absolute atomic E-state index is 0.00690. The first-order valence-corrected chi connectivity index (χ1v) is 17.6. The van der Waals surface area contributed by atoms with Gasteiger partial charge in [-0.3, -0.25) is 4.40 Å². The molecular formula is C30H37F2N3O6SSi. The number of aliphatic hydroxyl groups is 1. The van der Waals surface area contributed by atoms with Crippen LogP contribution < -0.4 is 9.47 Å². The van der Waals surface area contributed by atoms with Crippen LogP contribution in [0.4, 0.5) is 8.78 Å². The lowest BCUT2D eigenvalue weighted by Gasteiger charge is -2.36. The molecule has 0 aliphatic carbocycles. The highest BCUT2D eigenvalue weighted by molar-refractivity contribution is 7.17. The highest BCUT2D eigenvalue weighted by Crippen LogP contribution is 2.39. The molecule has 3 aromatic heterocycles. The number of ether oxygens (including phenoxy) is 3. The summed E-state index contributed by atoms with van der Waals surface area (Å²) in [6.45, 7) is 11.2. The summed E-state index contributed by atoms with van der Waals surface area (Å²) in [4.78, 5) is 22.0. The van der Waals surface area contributed by atoms with E-state index in [9.17, 15) is 18.7 Å². The second kappa shape index (κ2) is 13.1. The molecule has 1 aromatic carbocycles. The third kappa shape index (κ3) is 7.40. The number of carbonyl (C=O) groups is 1. The molecule has 0 radical (unpaired) electrons. The van der Waals surface area contributed by atoms with E-state index in [1.165, 1.54) is 6.07 Å². The molecule has 0 unspecified atom stereocenters. The fourth-order valence-electron chi connectivity index (χ4n) is 4.01. The van der Waals surface area contributed by atoms with Crippen molar-refractivity contribution in [3.63, 3.8) is 0 Å². The number of benzene rings is 1. The lowest BCUT2D eigenvalue weighted by atomic mass is 10.1. The van der Waals surface area contributed by atoms with E-state index in [1.54, 1.807) is 54.9 Å². The highest BCUT2D eigenvalue weighted by atomic mass is 32.1. The molecule has 43 heavy (non-hydrogen) atoms. The smallest absolute Gasteiger partial charge is 0.387 e. The van der Waals surface area contributed by atoms with Gasteiger partial charge in [-0.1, -0.05) is 39.0 Å². The summed E-state index contributed by atoms with van der Waals surface area (Å²) in [5.74, 6) is -0.682. The first-order chi connectivity index (χ1) is 20.2. The number of carbonyl (C=O) groups excluding carboxylic acids is 1. The summed E-state index contributed by atoms with van der Waals surface area (Å²) >= 11 is 1.06. The van der Waals surface area contributed by atoms with Crippen molar-refractivity contribution in [1.82, 2.24) is 14.4 Å². The second-order valence-electron chi connectivity index (χ2n) is 11.5. The number of aromatic nitrogens is 3. The van der Waals surface area contributed by atoms with Crippen LogP contribution in [0.15, 0.2) is 42.7 Å². The molecule has 232 valence electrons. The van der Waals surface area contributed by atoms with Crippen molar-refractivity contribution in [3.8, 4) is 22.3 Å². The minimum atomic E-state index is -3.05. The number of alkyl halides is 2. The number of imidazole rings is 1. The fraction of sp³-hybridized carbons (Fsp3) is 0.433. The van der Waals surface area contributed by atoms with E-state index in [-0.39, 0.29) is 41.4 Å². The van der Waals surface area contributed by atoms with Crippen molar-refractivity contribution in [3.05, 3.63) is 64.3 Å². The number of esters is 1. The van der Waals surface area contributed by atoms with Crippen LogP contribution in [-0.2, 0) is 22.4 Å². The van der Waals surface area contributed by atoms with Crippen LogP contribution in [0, 0.1) is 0 Å². The zero-order valence-corrected chi connectivity index (χ0v) is 27.1. The Morgan fingerprint density at radius 1 is 1.14 bits per heavy atom. The number of rotatable bonds is 12. The van der Waals surface area contributed by atoms with Crippen molar-refractivity contribution in [2.24, 2.45) is 0 Å². The monoisotopic (exact) mass is 633 g/mol. The topological polar surface area (TPSA) is 104 Å². The molecular weight excluding hydrogens is 596 g/mol. The van der Waals surface area contributed by atoms with Gasteiger partial charge in [-0.15, -0.1) is 11.3 Å². The normalized spacial score (nSPS) is 13.0. The number of aliphatic hydroxyl groups excluding tert-OH is 1. The summed E-state index contributed by atoms with van der Waals surface area (Å²) in [5.41, 5.74) is 2.92. The predicted molar refractivity (Wildman–Crippen MR) is 162 cm³/mol. The molecule has 9 nitrogen and oxygen atoms in total. The van der Waals surface area contributed by atoms with E-state index in [0.717, 1.165) is 11.3 Å². The van der Waals surface area contributed by atoms with Crippen molar-refractivity contribution in [2.45, 2.75) is 78.7 Å². The molecule has 0 saturated heterocycles. The fourth-order valence-corrected chi connectivity index (χ4v) is 5.87. The van der Waals surface area contributed by atoms with Crippen molar-refractivity contribution in [1.29, 1.82) is 0 Å². The molecule has 3 heterocycles. The summed E-state index contributed by atoms with van der Waals surface area (Å²) in [5, 5.41) is 10.0. The molecule has 0 saturated carbocycles. The Labute approximate surface area is 254 Å². The maximum Gasteiger partial charge on any atom is 0.387 e. The van der Waals surface area contributed by atoms with Crippen LogP contribution in [0.5, 0.6) is 11.6 Å². The Hall–Kier alpha value is -3.39.